The van der Waals surface area contributed by atoms with Crippen LogP contribution in [0.5, 0.6) is 0 Å². The first-order valence-electron chi connectivity index (χ1n) is 10.2. The molecule has 4 aliphatic rings. The molecule has 4 nitrogen and oxygen atoms in total. The molecule has 0 saturated heterocycles. The summed E-state index contributed by atoms with van der Waals surface area (Å²) in [5.74, 6) is 0.00652. The number of carbonyl (C=O) groups excluding carboxylic acids is 1. The minimum absolute atomic E-state index is 0.0840. The zero-order valence-electron chi connectivity index (χ0n) is 16.3. The van der Waals surface area contributed by atoms with E-state index in [0.717, 1.165) is 32.1 Å². The molecular weight excluding hydrogens is 328 g/mol. The fraction of sp³-hybridized carbons (Fsp3) is 0.818. The lowest BCUT2D eigenvalue weighted by atomic mass is 9.40. The maximum absolute atomic E-state index is 12.3. The van der Waals surface area contributed by atoms with Gasteiger partial charge in [-0.2, -0.15) is 0 Å². The van der Waals surface area contributed by atoms with Gasteiger partial charge < -0.3 is 9.84 Å². The Balaban J connectivity index is 1.83. The van der Waals surface area contributed by atoms with Crippen molar-refractivity contribution >= 4 is 11.9 Å². The number of hydrogen-bond acceptors (Lipinski definition) is 3. The highest BCUT2D eigenvalue weighted by Gasteiger charge is 2.68. The molecule has 0 aromatic heterocycles. The summed E-state index contributed by atoms with van der Waals surface area (Å²) < 4.78 is 5.87. The van der Waals surface area contributed by atoms with E-state index in [2.05, 4.69) is 13.5 Å². The smallest absolute Gasteiger partial charge is 0.309 e. The highest BCUT2D eigenvalue weighted by molar-refractivity contribution is 5.75. The summed E-state index contributed by atoms with van der Waals surface area (Å²) in [7, 11) is 0. The number of carboxylic acids is 1. The maximum atomic E-state index is 12.3. The van der Waals surface area contributed by atoms with Gasteiger partial charge in [-0.3, -0.25) is 9.59 Å². The van der Waals surface area contributed by atoms with E-state index >= 15 is 0 Å². The lowest BCUT2D eigenvalue weighted by Crippen LogP contribution is -2.63. The zero-order valence-corrected chi connectivity index (χ0v) is 16.3. The van der Waals surface area contributed by atoms with Gasteiger partial charge in [0.25, 0.3) is 0 Å². The number of esters is 1. The first-order valence-corrected chi connectivity index (χ1v) is 10.2. The fourth-order valence-corrected chi connectivity index (χ4v) is 8.06. The van der Waals surface area contributed by atoms with Gasteiger partial charge in [-0.1, -0.05) is 25.5 Å². The third-order valence-electron chi connectivity index (χ3n) is 8.74. The average Bonchev–Trinajstić information content (AvgIpc) is 2.75. The number of aliphatic carboxylic acids is 1. The summed E-state index contributed by atoms with van der Waals surface area (Å²) in [6.45, 7) is 10.0. The number of carbonyl (C=O) groups is 2. The molecule has 4 saturated carbocycles. The van der Waals surface area contributed by atoms with Crippen LogP contribution in [0.4, 0.5) is 0 Å². The third kappa shape index (κ3) is 2.26. The van der Waals surface area contributed by atoms with Crippen LogP contribution in [0.25, 0.3) is 0 Å². The van der Waals surface area contributed by atoms with Gasteiger partial charge in [0.2, 0.25) is 0 Å². The summed E-state index contributed by atoms with van der Waals surface area (Å²) in [6, 6.07) is 0. The summed E-state index contributed by atoms with van der Waals surface area (Å²) in [4.78, 5) is 24.2. The Morgan fingerprint density at radius 3 is 2.58 bits per heavy atom. The molecular formula is C22H32O4. The van der Waals surface area contributed by atoms with Gasteiger partial charge in [-0.15, -0.1) is 0 Å². The molecule has 0 aromatic carbocycles. The van der Waals surface area contributed by atoms with Crippen LogP contribution in [0.1, 0.15) is 72.1 Å². The molecule has 7 atom stereocenters. The molecule has 144 valence electrons. The van der Waals surface area contributed by atoms with Gasteiger partial charge in [-0.25, -0.2) is 0 Å². The molecule has 4 aliphatic carbocycles. The molecule has 0 unspecified atom stereocenters. The predicted octanol–water partition coefficient (Wildman–Crippen LogP) is 4.58. The third-order valence-corrected chi connectivity index (χ3v) is 8.74. The molecule has 4 heteroatoms. The number of rotatable bonds is 2. The average molecular weight is 360 g/mol. The largest absolute Gasteiger partial charge is 0.481 e. The van der Waals surface area contributed by atoms with Crippen molar-refractivity contribution in [1.82, 2.24) is 0 Å². The topological polar surface area (TPSA) is 63.6 Å². The minimum Gasteiger partial charge on any atom is -0.481 e. The molecule has 4 fully saturated rings. The lowest BCUT2D eigenvalue weighted by Gasteiger charge is -2.65. The molecule has 2 bridgehead atoms. The molecule has 0 amide bonds. The normalized spacial score (nSPS) is 49.9. The van der Waals surface area contributed by atoms with Gasteiger partial charge in [0, 0.05) is 12.8 Å². The van der Waals surface area contributed by atoms with Crippen molar-refractivity contribution in [3.8, 4) is 0 Å². The van der Waals surface area contributed by atoms with Gasteiger partial charge in [0.05, 0.1) is 5.41 Å². The summed E-state index contributed by atoms with van der Waals surface area (Å²) in [6.07, 6.45) is 7.73. The van der Waals surface area contributed by atoms with Crippen LogP contribution >= 0.6 is 0 Å². The molecule has 0 heterocycles. The second-order valence-electron chi connectivity index (χ2n) is 10.1. The van der Waals surface area contributed by atoms with Gasteiger partial charge >= 0.3 is 11.9 Å². The molecule has 4 rings (SSSR count). The molecule has 0 radical (unpaired) electrons. The van der Waals surface area contributed by atoms with Crippen LogP contribution < -0.4 is 0 Å². The van der Waals surface area contributed by atoms with Crippen molar-refractivity contribution in [2.75, 3.05) is 0 Å². The summed E-state index contributed by atoms with van der Waals surface area (Å²) in [5.41, 5.74) is 0.621. The highest BCUT2D eigenvalue weighted by atomic mass is 16.5. The first kappa shape index (κ1) is 18.1. The molecule has 26 heavy (non-hydrogen) atoms. The van der Waals surface area contributed by atoms with Crippen molar-refractivity contribution in [2.45, 2.75) is 78.2 Å². The van der Waals surface area contributed by atoms with Crippen molar-refractivity contribution in [1.29, 1.82) is 0 Å². The van der Waals surface area contributed by atoms with Crippen molar-refractivity contribution in [2.24, 2.45) is 34.0 Å². The monoisotopic (exact) mass is 360 g/mol. The van der Waals surface area contributed by atoms with Crippen LogP contribution in [0.2, 0.25) is 0 Å². The van der Waals surface area contributed by atoms with Crippen molar-refractivity contribution in [3.05, 3.63) is 12.2 Å². The van der Waals surface area contributed by atoms with Crippen LogP contribution in [0, 0.1) is 34.0 Å². The van der Waals surface area contributed by atoms with Crippen LogP contribution in [0.3, 0.4) is 0 Å². The highest BCUT2D eigenvalue weighted by Crippen LogP contribution is 2.72. The Hall–Kier alpha value is -1.32. The van der Waals surface area contributed by atoms with Gasteiger partial charge in [0.1, 0.15) is 6.10 Å². The number of ether oxygens (including phenoxy) is 1. The Kier molecular flexibility index (Phi) is 3.88. The quantitative estimate of drug-likeness (QED) is 0.578. The number of allylic oxidation sites excluding steroid dienone is 1. The van der Waals surface area contributed by atoms with E-state index in [9.17, 15) is 14.7 Å². The van der Waals surface area contributed by atoms with E-state index in [4.69, 9.17) is 4.74 Å². The molecule has 1 N–H and O–H groups in total. The van der Waals surface area contributed by atoms with Crippen molar-refractivity contribution in [3.63, 3.8) is 0 Å². The Morgan fingerprint density at radius 1 is 1.19 bits per heavy atom. The predicted molar refractivity (Wildman–Crippen MR) is 98.4 cm³/mol. The molecule has 1 spiro atoms. The lowest BCUT2D eigenvalue weighted by molar-refractivity contribution is -0.221. The summed E-state index contributed by atoms with van der Waals surface area (Å²) in [5, 5.41) is 10.1. The second-order valence-corrected chi connectivity index (χ2v) is 10.1. The Labute approximate surface area is 156 Å². The van der Waals surface area contributed by atoms with E-state index in [1.807, 2.05) is 6.92 Å². The first-order chi connectivity index (χ1) is 12.1. The second kappa shape index (κ2) is 5.59. The van der Waals surface area contributed by atoms with Crippen LogP contribution in [-0.2, 0) is 14.3 Å². The molecule has 0 aromatic rings. The Bertz CT molecular complexity index is 669. The van der Waals surface area contributed by atoms with E-state index in [1.165, 1.54) is 25.3 Å². The van der Waals surface area contributed by atoms with Crippen LogP contribution in [0.15, 0.2) is 12.2 Å². The van der Waals surface area contributed by atoms with E-state index < -0.39 is 11.4 Å². The maximum Gasteiger partial charge on any atom is 0.309 e. The van der Waals surface area contributed by atoms with E-state index in [0.29, 0.717) is 18.3 Å². The fourth-order valence-electron chi connectivity index (χ4n) is 8.06. The van der Waals surface area contributed by atoms with Gasteiger partial charge in [-0.05, 0) is 74.5 Å². The standard InChI is InChI=1S/C22H32O4/c1-13-10-22-11-15(13)6-7-17(22)20(3)8-5-9-21(4,19(24)25)18(20)16(12-22)26-14(2)23/h15-18H,1,5-12H2,2-4H3,(H,24,25)/t15-,16-,17+,18+,20+,21+,22-/m1/s1. The summed E-state index contributed by atoms with van der Waals surface area (Å²) >= 11 is 0. The Morgan fingerprint density at radius 2 is 1.92 bits per heavy atom. The SMILES string of the molecule is C=C1C[C@]23C[C@H]1CC[C@H]2[C@]1(C)CCC[C@](C)(C(=O)O)[C@H]1[C@H](OC(C)=O)C3. The van der Waals surface area contributed by atoms with Crippen molar-refractivity contribution < 1.29 is 19.4 Å². The van der Waals surface area contributed by atoms with Crippen LogP contribution in [-0.4, -0.2) is 23.1 Å². The zero-order chi connectivity index (χ0) is 18.9. The number of hydrogen-bond donors (Lipinski definition) is 1. The van der Waals surface area contributed by atoms with Gasteiger partial charge in [0.15, 0.2) is 0 Å². The van der Waals surface area contributed by atoms with E-state index in [-0.39, 0.29) is 28.8 Å². The van der Waals surface area contributed by atoms with E-state index in [1.54, 1.807) is 0 Å². The number of fused-ring (bicyclic) bond motifs is 3. The number of carboxylic acid groups (broad SMARTS) is 1. The minimum atomic E-state index is -0.818. The molecule has 0 aliphatic heterocycles.